The van der Waals surface area contributed by atoms with Crippen LogP contribution in [0.5, 0.6) is 0 Å². The number of imide groups is 1. The largest absolute Gasteiger partial charge is 0.362 e. The second-order valence-corrected chi connectivity index (χ2v) is 5.63. The Morgan fingerprint density at radius 2 is 2.12 bits per heavy atom. The average Bonchev–Trinajstić information content (AvgIpc) is 2.27. The third kappa shape index (κ3) is 3.00. The first-order valence-corrected chi connectivity index (χ1v) is 6.85. The van der Waals surface area contributed by atoms with Crippen molar-refractivity contribution in [3.05, 3.63) is 0 Å². The summed E-state index contributed by atoms with van der Waals surface area (Å²) in [5, 5.41) is 6.43. The molecule has 6 heteroatoms. The van der Waals surface area contributed by atoms with Crippen molar-refractivity contribution in [2.45, 2.75) is 38.8 Å². The monoisotopic (exact) mass is 255 g/mol. The fourth-order valence-corrected chi connectivity index (χ4v) is 2.94. The van der Waals surface area contributed by atoms with Crippen molar-refractivity contribution < 1.29 is 9.59 Å². The minimum atomic E-state index is -0.414. The zero-order chi connectivity index (χ0) is 12.4. The molecule has 2 saturated heterocycles. The van der Waals surface area contributed by atoms with Crippen LogP contribution in [-0.4, -0.2) is 34.8 Å². The first-order valence-electron chi connectivity index (χ1n) is 5.87. The van der Waals surface area contributed by atoms with Crippen LogP contribution in [0.15, 0.2) is 4.99 Å². The van der Waals surface area contributed by atoms with Gasteiger partial charge in [0.1, 0.15) is 6.04 Å². The maximum absolute atomic E-state index is 11.5. The van der Waals surface area contributed by atoms with Gasteiger partial charge in [0.15, 0.2) is 5.17 Å². The number of thioether (sulfide) groups is 1. The van der Waals surface area contributed by atoms with Crippen LogP contribution in [0.3, 0.4) is 0 Å². The van der Waals surface area contributed by atoms with Gasteiger partial charge in [-0.3, -0.25) is 14.9 Å². The molecule has 0 aromatic heterocycles. The van der Waals surface area contributed by atoms with Crippen molar-refractivity contribution in [2.24, 2.45) is 10.9 Å². The molecule has 2 rings (SSSR count). The molecule has 2 fully saturated rings. The maximum Gasteiger partial charge on any atom is 0.251 e. The van der Waals surface area contributed by atoms with Crippen LogP contribution in [0.1, 0.15) is 26.7 Å². The van der Waals surface area contributed by atoms with Crippen molar-refractivity contribution in [3.8, 4) is 0 Å². The number of hydrogen-bond acceptors (Lipinski definition) is 4. The second-order valence-electron chi connectivity index (χ2n) is 4.62. The molecule has 17 heavy (non-hydrogen) atoms. The van der Waals surface area contributed by atoms with Gasteiger partial charge in [0, 0.05) is 18.2 Å². The quantitative estimate of drug-likeness (QED) is 0.670. The molecule has 3 atom stereocenters. The molecule has 2 aliphatic rings. The summed E-state index contributed by atoms with van der Waals surface area (Å²) in [7, 11) is 0. The number of amides is 2. The van der Waals surface area contributed by atoms with E-state index in [1.165, 1.54) is 0 Å². The second kappa shape index (κ2) is 5.08. The first kappa shape index (κ1) is 12.4. The van der Waals surface area contributed by atoms with Crippen LogP contribution in [0, 0.1) is 5.92 Å². The van der Waals surface area contributed by atoms with Gasteiger partial charge in [-0.2, -0.15) is 0 Å². The van der Waals surface area contributed by atoms with Gasteiger partial charge < -0.3 is 5.32 Å². The highest BCUT2D eigenvalue weighted by molar-refractivity contribution is 8.13. The van der Waals surface area contributed by atoms with Crippen LogP contribution in [0.2, 0.25) is 0 Å². The highest BCUT2D eigenvalue weighted by Crippen LogP contribution is 2.20. The third-order valence-electron chi connectivity index (χ3n) is 3.17. The van der Waals surface area contributed by atoms with Crippen molar-refractivity contribution in [1.29, 1.82) is 0 Å². The zero-order valence-corrected chi connectivity index (χ0v) is 10.8. The van der Waals surface area contributed by atoms with E-state index < -0.39 is 6.04 Å². The summed E-state index contributed by atoms with van der Waals surface area (Å²) in [6.07, 6.45) is 0.893. The number of rotatable bonds is 1. The van der Waals surface area contributed by atoms with Crippen LogP contribution in [0.4, 0.5) is 0 Å². The Bertz CT molecular complexity index is 370. The first-order chi connectivity index (χ1) is 8.06. The zero-order valence-electron chi connectivity index (χ0n) is 10.0. The molecule has 0 aromatic carbocycles. The maximum atomic E-state index is 11.5. The Hall–Kier alpha value is -1.04. The lowest BCUT2D eigenvalue weighted by atomic mass is 10.1. The van der Waals surface area contributed by atoms with Gasteiger partial charge in [-0.25, -0.2) is 4.99 Å². The normalized spacial score (nSPS) is 36.6. The van der Waals surface area contributed by atoms with Gasteiger partial charge >= 0.3 is 0 Å². The van der Waals surface area contributed by atoms with Gasteiger partial charge in [-0.1, -0.05) is 18.7 Å². The molecular formula is C11H17N3O2S. The summed E-state index contributed by atoms with van der Waals surface area (Å²) < 4.78 is 0. The fraction of sp³-hybridized carbons (Fsp3) is 0.727. The molecule has 2 aliphatic heterocycles. The van der Waals surface area contributed by atoms with Crippen molar-refractivity contribution >= 4 is 28.7 Å². The van der Waals surface area contributed by atoms with Crippen LogP contribution in [-0.2, 0) is 9.59 Å². The highest BCUT2D eigenvalue weighted by Gasteiger charge is 2.28. The SMILES string of the molecule is CC1CSC(=NC2CCC(=O)NC2=O)NC1C. The summed E-state index contributed by atoms with van der Waals surface area (Å²) >= 11 is 1.65. The van der Waals surface area contributed by atoms with Crippen molar-refractivity contribution in [2.75, 3.05) is 5.75 Å². The third-order valence-corrected chi connectivity index (χ3v) is 4.36. The van der Waals surface area contributed by atoms with Crippen LogP contribution < -0.4 is 10.6 Å². The van der Waals surface area contributed by atoms with Gasteiger partial charge in [-0.05, 0) is 19.3 Å². The predicted octanol–water partition coefficient (Wildman–Crippen LogP) is 0.509. The Kier molecular flexibility index (Phi) is 3.71. The van der Waals surface area contributed by atoms with E-state index in [1.807, 2.05) is 0 Å². The van der Waals surface area contributed by atoms with Crippen LogP contribution in [0.25, 0.3) is 0 Å². The number of piperidine rings is 1. The number of carbonyl (C=O) groups excluding carboxylic acids is 2. The van der Waals surface area contributed by atoms with E-state index in [4.69, 9.17) is 0 Å². The molecule has 0 radical (unpaired) electrons. The van der Waals surface area contributed by atoms with Crippen LogP contribution >= 0.6 is 11.8 Å². The standard InChI is InChI=1S/C11H17N3O2S/c1-6-5-17-11(12-7(6)2)13-8-3-4-9(15)14-10(8)16/h6-8H,3-5H2,1-2H3,(H,12,13)(H,14,15,16). The van der Waals surface area contributed by atoms with Crippen molar-refractivity contribution in [3.63, 3.8) is 0 Å². The molecule has 2 N–H and O–H groups in total. The number of nitrogens with one attached hydrogen (secondary N) is 2. The Morgan fingerprint density at radius 1 is 1.35 bits per heavy atom. The van der Waals surface area contributed by atoms with E-state index in [-0.39, 0.29) is 11.8 Å². The molecule has 2 amide bonds. The molecule has 3 unspecified atom stereocenters. The molecule has 2 heterocycles. The molecule has 0 aliphatic carbocycles. The van der Waals surface area contributed by atoms with E-state index in [1.54, 1.807) is 11.8 Å². The average molecular weight is 255 g/mol. The van der Waals surface area contributed by atoms with E-state index in [2.05, 4.69) is 29.5 Å². The Balaban J connectivity index is 1.99. The summed E-state index contributed by atoms with van der Waals surface area (Å²) in [5.74, 6) is 1.14. The number of hydrogen-bond donors (Lipinski definition) is 2. The minimum absolute atomic E-state index is 0.197. The number of aliphatic imine (C=N–C) groups is 1. The predicted molar refractivity (Wildman–Crippen MR) is 67.8 cm³/mol. The Morgan fingerprint density at radius 3 is 2.76 bits per heavy atom. The molecule has 5 nitrogen and oxygen atoms in total. The minimum Gasteiger partial charge on any atom is -0.362 e. The van der Waals surface area contributed by atoms with Crippen molar-refractivity contribution in [1.82, 2.24) is 10.6 Å². The lowest BCUT2D eigenvalue weighted by Crippen LogP contribution is -2.46. The number of nitrogens with zero attached hydrogens (tertiary/aromatic N) is 1. The Labute approximate surface area is 105 Å². The number of amidine groups is 1. The molecular weight excluding hydrogens is 238 g/mol. The molecule has 0 aromatic rings. The smallest absolute Gasteiger partial charge is 0.251 e. The fourth-order valence-electron chi connectivity index (χ4n) is 1.75. The van der Waals surface area contributed by atoms with Gasteiger partial charge in [0.25, 0.3) is 5.91 Å². The highest BCUT2D eigenvalue weighted by atomic mass is 32.2. The molecule has 0 bridgehead atoms. The summed E-state index contributed by atoms with van der Waals surface area (Å²) in [4.78, 5) is 27.0. The lowest BCUT2D eigenvalue weighted by Gasteiger charge is -2.29. The van der Waals surface area contributed by atoms with E-state index in [0.717, 1.165) is 10.9 Å². The topological polar surface area (TPSA) is 70.6 Å². The van der Waals surface area contributed by atoms with Gasteiger partial charge in [-0.15, -0.1) is 0 Å². The summed E-state index contributed by atoms with van der Waals surface area (Å²) in [5.41, 5.74) is 0. The van der Waals surface area contributed by atoms with E-state index >= 15 is 0 Å². The van der Waals surface area contributed by atoms with Gasteiger partial charge in [0.05, 0.1) is 0 Å². The molecule has 0 spiro atoms. The van der Waals surface area contributed by atoms with Gasteiger partial charge in [0.2, 0.25) is 5.91 Å². The van der Waals surface area contributed by atoms with E-state index in [0.29, 0.717) is 24.8 Å². The lowest BCUT2D eigenvalue weighted by molar-refractivity contribution is -0.133. The number of carbonyl (C=O) groups is 2. The molecule has 0 saturated carbocycles. The summed E-state index contributed by atoms with van der Waals surface area (Å²) in [6, 6.07) is -0.0356. The summed E-state index contributed by atoms with van der Waals surface area (Å²) in [6.45, 7) is 4.30. The van der Waals surface area contributed by atoms with E-state index in [9.17, 15) is 9.59 Å². The molecule has 94 valence electrons.